The van der Waals surface area contributed by atoms with Gasteiger partial charge in [0.1, 0.15) is 0 Å². The number of hydrogen-bond acceptors (Lipinski definition) is 3. The first kappa shape index (κ1) is 18.2. The van der Waals surface area contributed by atoms with Gasteiger partial charge in [0.25, 0.3) is 0 Å². The van der Waals surface area contributed by atoms with E-state index >= 15 is 0 Å². The third kappa shape index (κ3) is 4.67. The van der Waals surface area contributed by atoms with Crippen molar-refractivity contribution in [2.45, 2.75) is 46.2 Å². The molecule has 0 saturated heterocycles. The van der Waals surface area contributed by atoms with Gasteiger partial charge < -0.3 is 9.05 Å². The van der Waals surface area contributed by atoms with E-state index in [-0.39, 0.29) is 0 Å². The Kier molecular flexibility index (Phi) is 6.83. The second-order valence-electron chi connectivity index (χ2n) is 5.63. The average molecular weight is 334 g/mol. The number of rotatable bonds is 9. The molecule has 0 atom stereocenters. The van der Waals surface area contributed by atoms with Crippen LogP contribution in [-0.2, 0) is 26.2 Å². The topological polar surface area (TPSA) is 35.5 Å². The Labute approximate surface area is 139 Å². The molecule has 0 aromatic heterocycles. The van der Waals surface area contributed by atoms with E-state index in [0.29, 0.717) is 19.4 Å². The molecule has 0 saturated carbocycles. The standard InChI is InChI=1S/C19H27O3P/c1-4-7-10-17-14-13-16-11-8-9-12-18(16)19(17)15-23(20,21-5-2)22-6-3/h8-9,11-14H,4-7,10,15H2,1-3H3. The summed E-state index contributed by atoms with van der Waals surface area (Å²) in [5.74, 6) is 0. The largest absolute Gasteiger partial charge is 0.335 e. The maximum atomic E-state index is 13.0. The molecule has 0 aliphatic rings. The first-order valence-corrected chi connectivity index (χ1v) is 10.2. The molecule has 23 heavy (non-hydrogen) atoms. The summed E-state index contributed by atoms with van der Waals surface area (Å²) in [7, 11) is -3.10. The van der Waals surface area contributed by atoms with Crippen LogP contribution in [0.3, 0.4) is 0 Å². The molecule has 3 nitrogen and oxygen atoms in total. The summed E-state index contributed by atoms with van der Waals surface area (Å²) in [6.45, 7) is 6.68. The monoisotopic (exact) mass is 334 g/mol. The van der Waals surface area contributed by atoms with Gasteiger partial charge in [-0.3, -0.25) is 4.57 Å². The van der Waals surface area contributed by atoms with Gasteiger partial charge in [-0.15, -0.1) is 0 Å². The van der Waals surface area contributed by atoms with E-state index in [0.717, 1.165) is 30.2 Å². The van der Waals surface area contributed by atoms with Gasteiger partial charge in [0, 0.05) is 0 Å². The molecule has 0 aliphatic carbocycles. The summed E-state index contributed by atoms with van der Waals surface area (Å²) in [5.41, 5.74) is 2.37. The van der Waals surface area contributed by atoms with E-state index in [2.05, 4.69) is 31.2 Å². The Hall–Kier alpha value is -1.15. The minimum Gasteiger partial charge on any atom is -0.309 e. The Balaban J connectivity index is 2.48. The van der Waals surface area contributed by atoms with Crippen molar-refractivity contribution in [2.75, 3.05) is 13.2 Å². The first-order valence-electron chi connectivity index (χ1n) is 8.51. The number of hydrogen-bond donors (Lipinski definition) is 0. The molecule has 0 spiro atoms. The fourth-order valence-electron chi connectivity index (χ4n) is 2.88. The predicted octanol–water partition coefficient (Wildman–Crippen LogP) is 5.95. The molecule has 0 unspecified atom stereocenters. The molecule has 2 aromatic rings. The lowest BCUT2D eigenvalue weighted by atomic mass is 9.97. The van der Waals surface area contributed by atoms with Crippen LogP contribution in [0.2, 0.25) is 0 Å². The van der Waals surface area contributed by atoms with Crippen LogP contribution >= 0.6 is 7.60 Å². The van der Waals surface area contributed by atoms with Gasteiger partial charge in [0.15, 0.2) is 0 Å². The minimum absolute atomic E-state index is 0.342. The van der Waals surface area contributed by atoms with Crippen LogP contribution in [0, 0.1) is 0 Å². The van der Waals surface area contributed by atoms with Crippen molar-refractivity contribution in [3.05, 3.63) is 47.5 Å². The Morgan fingerprint density at radius 1 is 0.957 bits per heavy atom. The Morgan fingerprint density at radius 2 is 1.65 bits per heavy atom. The summed E-state index contributed by atoms with van der Waals surface area (Å²) in [5, 5.41) is 2.32. The summed E-state index contributed by atoms with van der Waals surface area (Å²) in [4.78, 5) is 0. The molecule has 0 N–H and O–H groups in total. The van der Waals surface area contributed by atoms with Gasteiger partial charge in [-0.2, -0.15) is 0 Å². The van der Waals surface area contributed by atoms with E-state index in [1.54, 1.807) is 0 Å². The second-order valence-corrected chi connectivity index (χ2v) is 7.69. The molecular weight excluding hydrogens is 307 g/mol. The lowest BCUT2D eigenvalue weighted by Gasteiger charge is -2.20. The van der Waals surface area contributed by atoms with Crippen LogP contribution in [0.25, 0.3) is 10.8 Å². The van der Waals surface area contributed by atoms with Gasteiger partial charge in [-0.1, -0.05) is 49.7 Å². The summed E-state index contributed by atoms with van der Waals surface area (Å²) in [6, 6.07) is 12.6. The lowest BCUT2D eigenvalue weighted by molar-refractivity contribution is 0.219. The highest BCUT2D eigenvalue weighted by Gasteiger charge is 2.26. The quantitative estimate of drug-likeness (QED) is 0.532. The average Bonchev–Trinajstić information content (AvgIpc) is 2.54. The zero-order valence-electron chi connectivity index (χ0n) is 14.4. The fourth-order valence-corrected chi connectivity index (χ4v) is 4.69. The van der Waals surface area contributed by atoms with Crippen LogP contribution in [-0.4, -0.2) is 13.2 Å². The SMILES string of the molecule is CCCCc1ccc2ccccc2c1CP(=O)(OCC)OCC. The zero-order valence-corrected chi connectivity index (χ0v) is 15.3. The van der Waals surface area contributed by atoms with Crippen LogP contribution in [0.1, 0.15) is 44.7 Å². The van der Waals surface area contributed by atoms with Crippen molar-refractivity contribution < 1.29 is 13.6 Å². The van der Waals surface area contributed by atoms with Crippen LogP contribution in [0.5, 0.6) is 0 Å². The highest BCUT2D eigenvalue weighted by atomic mass is 31.2. The Morgan fingerprint density at radius 3 is 2.30 bits per heavy atom. The predicted molar refractivity (Wildman–Crippen MR) is 97.1 cm³/mol. The molecule has 126 valence electrons. The van der Waals surface area contributed by atoms with Crippen molar-refractivity contribution in [3.63, 3.8) is 0 Å². The highest BCUT2D eigenvalue weighted by Crippen LogP contribution is 2.52. The van der Waals surface area contributed by atoms with Crippen molar-refractivity contribution in [2.24, 2.45) is 0 Å². The third-order valence-electron chi connectivity index (χ3n) is 3.94. The van der Waals surface area contributed by atoms with Gasteiger partial charge in [-0.05, 0) is 48.6 Å². The molecule has 0 aliphatic heterocycles. The number of benzene rings is 2. The molecule has 2 aromatic carbocycles. The van der Waals surface area contributed by atoms with Gasteiger partial charge >= 0.3 is 7.60 Å². The normalized spacial score (nSPS) is 12.0. The molecule has 0 bridgehead atoms. The van der Waals surface area contributed by atoms with Crippen LogP contribution < -0.4 is 0 Å². The fraction of sp³-hybridized carbons (Fsp3) is 0.474. The lowest BCUT2D eigenvalue weighted by Crippen LogP contribution is -2.03. The smallest absolute Gasteiger partial charge is 0.309 e. The maximum absolute atomic E-state index is 13.0. The van der Waals surface area contributed by atoms with E-state index in [1.807, 2.05) is 26.0 Å². The zero-order chi connectivity index (χ0) is 16.7. The van der Waals surface area contributed by atoms with Crippen molar-refractivity contribution >= 4 is 18.4 Å². The molecular formula is C19H27O3P. The molecule has 0 amide bonds. The molecule has 4 heteroatoms. The molecule has 0 radical (unpaired) electrons. The summed E-state index contributed by atoms with van der Waals surface area (Å²) in [6.07, 6.45) is 3.60. The number of fused-ring (bicyclic) bond motifs is 1. The van der Waals surface area contributed by atoms with Gasteiger partial charge in [0.05, 0.1) is 19.4 Å². The van der Waals surface area contributed by atoms with Crippen LogP contribution in [0.4, 0.5) is 0 Å². The maximum Gasteiger partial charge on any atom is 0.335 e. The summed E-state index contributed by atoms with van der Waals surface area (Å²) >= 11 is 0. The van der Waals surface area contributed by atoms with Crippen LogP contribution in [0.15, 0.2) is 36.4 Å². The minimum atomic E-state index is -3.10. The van der Waals surface area contributed by atoms with E-state index in [9.17, 15) is 4.57 Å². The highest BCUT2D eigenvalue weighted by molar-refractivity contribution is 7.53. The summed E-state index contributed by atoms with van der Waals surface area (Å²) < 4.78 is 24.0. The Bertz CT molecular complexity index is 671. The molecule has 2 rings (SSSR count). The third-order valence-corrected chi connectivity index (χ3v) is 5.95. The van der Waals surface area contributed by atoms with Crippen molar-refractivity contribution in [3.8, 4) is 0 Å². The van der Waals surface area contributed by atoms with E-state index in [4.69, 9.17) is 9.05 Å². The first-order chi connectivity index (χ1) is 11.1. The van der Waals surface area contributed by atoms with Gasteiger partial charge in [-0.25, -0.2) is 0 Å². The number of aryl methyl sites for hydroxylation is 1. The second kappa shape index (κ2) is 8.63. The molecule has 0 heterocycles. The van der Waals surface area contributed by atoms with E-state index < -0.39 is 7.60 Å². The van der Waals surface area contributed by atoms with E-state index in [1.165, 1.54) is 10.9 Å². The number of unbranched alkanes of at least 4 members (excludes halogenated alkanes) is 1. The van der Waals surface area contributed by atoms with Crippen molar-refractivity contribution in [1.29, 1.82) is 0 Å². The van der Waals surface area contributed by atoms with Gasteiger partial charge in [0.2, 0.25) is 0 Å². The molecule has 0 fully saturated rings. The van der Waals surface area contributed by atoms with Crippen molar-refractivity contribution in [1.82, 2.24) is 0 Å².